The fourth-order valence-electron chi connectivity index (χ4n) is 1.75. The van der Waals surface area contributed by atoms with Gasteiger partial charge < -0.3 is 0 Å². The summed E-state index contributed by atoms with van der Waals surface area (Å²) >= 11 is 0. The highest BCUT2D eigenvalue weighted by atomic mass is 19.4. The molecule has 0 spiro atoms. The van der Waals surface area contributed by atoms with Gasteiger partial charge in [0.15, 0.2) is 5.82 Å². The van der Waals surface area contributed by atoms with Gasteiger partial charge in [0.05, 0.1) is 11.1 Å². The Morgan fingerprint density at radius 1 is 0.773 bits per heavy atom. The summed E-state index contributed by atoms with van der Waals surface area (Å²) in [5.41, 5.74) is -4.73. The molecule has 2 aromatic rings. The SMILES string of the molecule is Fc1nccc(-c2cc(C(F)(F)F)cc(C(F)(F)F)c2)c1F. The number of nitrogens with zero attached hydrogens (tertiary/aromatic N) is 1. The first-order valence-electron chi connectivity index (χ1n) is 5.60. The number of benzene rings is 1. The van der Waals surface area contributed by atoms with Gasteiger partial charge in [-0.15, -0.1) is 0 Å². The molecule has 0 aliphatic heterocycles. The Labute approximate surface area is 118 Å². The molecule has 0 N–H and O–H groups in total. The van der Waals surface area contributed by atoms with E-state index in [1.165, 1.54) is 0 Å². The zero-order chi connectivity index (χ0) is 16.7. The van der Waals surface area contributed by atoms with Gasteiger partial charge in [-0.25, -0.2) is 9.37 Å². The molecule has 1 nitrogen and oxygen atoms in total. The molecule has 0 aliphatic rings. The first kappa shape index (κ1) is 16.2. The molecule has 0 fully saturated rings. The van der Waals surface area contributed by atoms with E-state index in [2.05, 4.69) is 4.98 Å². The van der Waals surface area contributed by atoms with Crippen LogP contribution in [-0.4, -0.2) is 4.98 Å². The standard InChI is InChI=1S/C13H5F8N/c14-10-9(1-2-22-11(10)15)6-3-7(12(16,17)18)5-8(4-6)13(19,20)21/h1-5H. The van der Waals surface area contributed by atoms with Crippen LogP contribution in [0.15, 0.2) is 30.5 Å². The lowest BCUT2D eigenvalue weighted by molar-refractivity contribution is -0.143. The summed E-state index contributed by atoms with van der Waals surface area (Å²) in [6.07, 6.45) is -9.41. The van der Waals surface area contributed by atoms with Gasteiger partial charge in [0.25, 0.3) is 0 Å². The minimum atomic E-state index is -5.07. The highest BCUT2D eigenvalue weighted by molar-refractivity contribution is 5.66. The number of rotatable bonds is 1. The zero-order valence-electron chi connectivity index (χ0n) is 10.4. The summed E-state index contributed by atoms with van der Waals surface area (Å²) in [4.78, 5) is 2.92. The van der Waals surface area contributed by atoms with Crippen LogP contribution in [-0.2, 0) is 12.4 Å². The first-order chi connectivity index (χ1) is 10.00. The van der Waals surface area contributed by atoms with E-state index >= 15 is 0 Å². The van der Waals surface area contributed by atoms with Crippen LogP contribution >= 0.6 is 0 Å². The van der Waals surface area contributed by atoms with Crippen molar-refractivity contribution in [2.45, 2.75) is 12.4 Å². The molecular weight excluding hydrogens is 322 g/mol. The monoisotopic (exact) mass is 327 g/mol. The van der Waals surface area contributed by atoms with E-state index in [-0.39, 0.29) is 6.07 Å². The highest BCUT2D eigenvalue weighted by Gasteiger charge is 2.37. The van der Waals surface area contributed by atoms with Crippen LogP contribution in [0.1, 0.15) is 11.1 Å². The number of aromatic nitrogens is 1. The van der Waals surface area contributed by atoms with E-state index in [1.807, 2.05) is 0 Å². The minimum absolute atomic E-state index is 0.0983. The second-order valence-corrected chi connectivity index (χ2v) is 4.26. The van der Waals surface area contributed by atoms with Crippen molar-refractivity contribution in [2.75, 3.05) is 0 Å². The van der Waals surface area contributed by atoms with Crippen LogP contribution in [0.4, 0.5) is 35.1 Å². The van der Waals surface area contributed by atoms with Gasteiger partial charge in [-0.2, -0.15) is 30.7 Å². The molecule has 0 bridgehead atoms. The maximum absolute atomic E-state index is 13.5. The molecule has 0 radical (unpaired) electrons. The summed E-state index contributed by atoms with van der Waals surface area (Å²) in [7, 11) is 0. The Balaban J connectivity index is 2.73. The molecule has 0 saturated carbocycles. The number of alkyl halides is 6. The Hall–Kier alpha value is -2.19. The second kappa shape index (κ2) is 5.22. The van der Waals surface area contributed by atoms with Crippen LogP contribution < -0.4 is 0 Å². The smallest absolute Gasteiger partial charge is 0.226 e. The van der Waals surface area contributed by atoms with Crippen LogP contribution in [0.5, 0.6) is 0 Å². The van der Waals surface area contributed by atoms with E-state index in [1.54, 1.807) is 0 Å². The second-order valence-electron chi connectivity index (χ2n) is 4.26. The van der Waals surface area contributed by atoms with Gasteiger partial charge in [0.1, 0.15) is 0 Å². The fourth-order valence-corrected chi connectivity index (χ4v) is 1.75. The van der Waals surface area contributed by atoms with E-state index in [0.29, 0.717) is 12.1 Å². The zero-order valence-corrected chi connectivity index (χ0v) is 10.4. The van der Waals surface area contributed by atoms with Crippen molar-refractivity contribution in [2.24, 2.45) is 0 Å². The highest BCUT2D eigenvalue weighted by Crippen LogP contribution is 2.39. The molecule has 118 valence electrons. The third-order valence-electron chi connectivity index (χ3n) is 2.75. The van der Waals surface area contributed by atoms with E-state index in [4.69, 9.17) is 0 Å². The molecule has 0 atom stereocenters. The molecule has 22 heavy (non-hydrogen) atoms. The summed E-state index contributed by atoms with van der Waals surface area (Å²) in [6.45, 7) is 0. The summed E-state index contributed by atoms with van der Waals surface area (Å²) in [5.74, 6) is -3.25. The lowest BCUT2D eigenvalue weighted by Crippen LogP contribution is -2.11. The average molecular weight is 327 g/mol. The molecule has 0 unspecified atom stereocenters. The van der Waals surface area contributed by atoms with Crippen LogP contribution in [0.25, 0.3) is 11.1 Å². The molecule has 0 aliphatic carbocycles. The van der Waals surface area contributed by atoms with Crippen LogP contribution in [0, 0.1) is 11.8 Å². The third-order valence-corrected chi connectivity index (χ3v) is 2.75. The van der Waals surface area contributed by atoms with Gasteiger partial charge in [-0.3, -0.25) is 0 Å². The Morgan fingerprint density at radius 2 is 1.27 bits per heavy atom. The Morgan fingerprint density at radius 3 is 1.73 bits per heavy atom. The van der Waals surface area contributed by atoms with Crippen LogP contribution in [0.2, 0.25) is 0 Å². The molecule has 1 heterocycles. The van der Waals surface area contributed by atoms with E-state index in [0.717, 1.165) is 12.3 Å². The summed E-state index contributed by atoms with van der Waals surface area (Å²) in [6, 6.07) is 1.31. The number of pyridine rings is 1. The summed E-state index contributed by atoms with van der Waals surface area (Å²) in [5, 5.41) is 0. The quantitative estimate of drug-likeness (QED) is 0.527. The molecule has 2 rings (SSSR count). The fraction of sp³-hybridized carbons (Fsp3) is 0.154. The molecule has 1 aromatic heterocycles. The Bertz CT molecular complexity index is 670. The number of hydrogen-bond acceptors (Lipinski definition) is 1. The average Bonchev–Trinajstić information content (AvgIpc) is 2.39. The van der Waals surface area contributed by atoms with Gasteiger partial charge in [-0.05, 0) is 29.8 Å². The molecule has 1 aromatic carbocycles. The van der Waals surface area contributed by atoms with Crippen molar-refractivity contribution in [3.05, 3.63) is 53.4 Å². The predicted molar refractivity (Wildman–Crippen MR) is 59.6 cm³/mol. The molecule has 9 heteroatoms. The molecule has 0 amide bonds. The van der Waals surface area contributed by atoms with Gasteiger partial charge in [0.2, 0.25) is 5.95 Å². The van der Waals surface area contributed by atoms with Crippen molar-refractivity contribution in [1.29, 1.82) is 0 Å². The van der Waals surface area contributed by atoms with E-state index < -0.39 is 46.4 Å². The van der Waals surface area contributed by atoms with Crippen molar-refractivity contribution in [3.63, 3.8) is 0 Å². The first-order valence-corrected chi connectivity index (χ1v) is 5.60. The van der Waals surface area contributed by atoms with Crippen molar-refractivity contribution >= 4 is 0 Å². The van der Waals surface area contributed by atoms with Crippen molar-refractivity contribution in [1.82, 2.24) is 4.98 Å². The maximum Gasteiger partial charge on any atom is 0.416 e. The summed E-state index contributed by atoms with van der Waals surface area (Å²) < 4.78 is 103. The number of halogens is 8. The van der Waals surface area contributed by atoms with Gasteiger partial charge >= 0.3 is 12.4 Å². The number of hydrogen-bond donors (Lipinski definition) is 0. The lowest BCUT2D eigenvalue weighted by atomic mass is 9.99. The van der Waals surface area contributed by atoms with Crippen molar-refractivity contribution < 1.29 is 35.1 Å². The van der Waals surface area contributed by atoms with E-state index in [9.17, 15) is 35.1 Å². The largest absolute Gasteiger partial charge is 0.416 e. The minimum Gasteiger partial charge on any atom is -0.226 e. The van der Waals surface area contributed by atoms with Gasteiger partial charge in [-0.1, -0.05) is 0 Å². The maximum atomic E-state index is 13.5. The normalized spacial score (nSPS) is 12.5. The van der Waals surface area contributed by atoms with Gasteiger partial charge in [0, 0.05) is 11.8 Å². The topological polar surface area (TPSA) is 12.9 Å². The third kappa shape index (κ3) is 3.18. The molecule has 0 saturated heterocycles. The Kier molecular flexibility index (Phi) is 3.84. The van der Waals surface area contributed by atoms with Crippen molar-refractivity contribution in [3.8, 4) is 11.1 Å². The lowest BCUT2D eigenvalue weighted by Gasteiger charge is -2.14. The van der Waals surface area contributed by atoms with Crippen LogP contribution in [0.3, 0.4) is 0 Å². The molecular formula is C13H5F8N. The predicted octanol–water partition coefficient (Wildman–Crippen LogP) is 5.06.